The molecule has 1 aliphatic rings. The van der Waals surface area contributed by atoms with Crippen LogP contribution < -0.4 is 0 Å². The summed E-state index contributed by atoms with van der Waals surface area (Å²) in [5.41, 5.74) is -1.23. The zero-order valence-corrected chi connectivity index (χ0v) is 17.4. The molecule has 1 aromatic carbocycles. The Morgan fingerprint density at radius 1 is 1.03 bits per heavy atom. The van der Waals surface area contributed by atoms with Crippen molar-refractivity contribution in [3.63, 3.8) is 0 Å². The second-order valence-corrected chi connectivity index (χ2v) is 7.85. The van der Waals surface area contributed by atoms with Crippen LogP contribution in [-0.2, 0) is 12.5 Å². The van der Waals surface area contributed by atoms with Crippen molar-refractivity contribution in [2.45, 2.75) is 25.6 Å². The number of halogens is 6. The van der Waals surface area contributed by atoms with Crippen LogP contribution in [0.3, 0.4) is 0 Å². The van der Waals surface area contributed by atoms with E-state index < -0.39 is 23.7 Å². The van der Waals surface area contributed by atoms with Crippen LogP contribution in [0.25, 0.3) is 5.65 Å². The molecule has 0 spiro atoms. The first-order valence-electron chi connectivity index (χ1n) is 10.0. The molecule has 4 rings (SSSR count). The zero-order valence-electron chi connectivity index (χ0n) is 17.4. The van der Waals surface area contributed by atoms with Gasteiger partial charge in [0, 0.05) is 44.5 Å². The Morgan fingerprint density at radius 3 is 2.36 bits per heavy atom. The Balaban J connectivity index is 1.52. The van der Waals surface area contributed by atoms with Gasteiger partial charge in [-0.3, -0.25) is 9.69 Å². The lowest BCUT2D eigenvalue weighted by Crippen LogP contribution is -2.48. The highest BCUT2D eigenvalue weighted by Crippen LogP contribution is 2.43. The van der Waals surface area contributed by atoms with Gasteiger partial charge in [0.2, 0.25) is 0 Å². The minimum absolute atomic E-state index is 0.0636. The van der Waals surface area contributed by atoms with E-state index in [9.17, 15) is 31.1 Å². The van der Waals surface area contributed by atoms with Crippen molar-refractivity contribution in [3.05, 3.63) is 64.9 Å². The largest absolute Gasteiger partial charge is 0.459 e. The highest BCUT2D eigenvalue weighted by molar-refractivity contribution is 5.93. The molecule has 3 heterocycles. The van der Waals surface area contributed by atoms with E-state index in [0.717, 1.165) is 11.6 Å². The zero-order chi connectivity index (χ0) is 24.0. The predicted molar refractivity (Wildman–Crippen MR) is 105 cm³/mol. The smallest absolute Gasteiger partial charge is 0.335 e. The summed E-state index contributed by atoms with van der Waals surface area (Å²) in [6, 6.07) is 7.89. The fourth-order valence-electron chi connectivity index (χ4n) is 3.74. The van der Waals surface area contributed by atoms with Gasteiger partial charge >= 0.3 is 12.1 Å². The minimum atomic E-state index is -5.83. The number of rotatable bonds is 4. The molecule has 176 valence electrons. The number of alkyl halides is 5. The first kappa shape index (κ1) is 23.0. The van der Waals surface area contributed by atoms with Crippen LogP contribution in [0.1, 0.15) is 27.4 Å². The van der Waals surface area contributed by atoms with Gasteiger partial charge in [-0.1, -0.05) is 12.1 Å². The van der Waals surface area contributed by atoms with E-state index >= 15 is 0 Å². The summed E-state index contributed by atoms with van der Waals surface area (Å²) in [5, 5.41) is 3.73. The number of hydrogen-bond acceptors (Lipinski definition) is 4. The summed E-state index contributed by atoms with van der Waals surface area (Å²) in [6.45, 7) is 3.31. The number of carbonyl (C=O) groups is 1. The lowest BCUT2D eigenvalue weighted by Gasteiger charge is -2.34. The van der Waals surface area contributed by atoms with Gasteiger partial charge in [0.25, 0.3) is 5.91 Å². The molecule has 6 nitrogen and oxygen atoms in total. The van der Waals surface area contributed by atoms with Gasteiger partial charge in [-0.05, 0) is 30.7 Å². The van der Waals surface area contributed by atoms with E-state index in [1.165, 1.54) is 24.0 Å². The molecule has 12 heteroatoms. The van der Waals surface area contributed by atoms with Crippen molar-refractivity contribution in [2.24, 2.45) is 0 Å². The molecule has 0 unspecified atom stereocenters. The van der Waals surface area contributed by atoms with Gasteiger partial charge in [-0.25, -0.2) is 13.9 Å². The van der Waals surface area contributed by atoms with Gasteiger partial charge < -0.3 is 4.90 Å². The van der Waals surface area contributed by atoms with Crippen LogP contribution in [-0.4, -0.2) is 62.7 Å². The summed E-state index contributed by atoms with van der Waals surface area (Å²) in [7, 11) is 0. The van der Waals surface area contributed by atoms with Gasteiger partial charge in [-0.2, -0.15) is 27.1 Å². The van der Waals surface area contributed by atoms with Crippen LogP contribution in [0.5, 0.6) is 0 Å². The first-order valence-corrected chi connectivity index (χ1v) is 10.0. The molecule has 3 aromatic rings. The predicted octanol–water partition coefficient (Wildman–Crippen LogP) is 3.79. The third-order valence-corrected chi connectivity index (χ3v) is 5.41. The maximum absolute atomic E-state index is 14.0. The molecule has 1 saturated heterocycles. The van der Waals surface area contributed by atoms with Gasteiger partial charge in [0.1, 0.15) is 11.5 Å². The molecular weight excluding hydrogens is 452 g/mol. The minimum Gasteiger partial charge on any atom is -0.335 e. The number of fused-ring (bicyclic) bond motifs is 1. The fraction of sp³-hybridized carbons (Fsp3) is 0.381. The highest BCUT2D eigenvalue weighted by Gasteiger charge is 2.60. The number of aryl methyl sites for hydroxylation is 1. The average molecular weight is 471 g/mol. The van der Waals surface area contributed by atoms with E-state index in [-0.39, 0.29) is 22.9 Å². The van der Waals surface area contributed by atoms with Crippen molar-refractivity contribution >= 4 is 11.6 Å². The quantitative estimate of drug-likeness (QED) is 0.544. The summed E-state index contributed by atoms with van der Waals surface area (Å²) >= 11 is 0. The average Bonchev–Trinajstić information content (AvgIpc) is 3.16. The third-order valence-electron chi connectivity index (χ3n) is 5.41. The van der Waals surface area contributed by atoms with Crippen molar-refractivity contribution in [2.75, 3.05) is 26.2 Å². The van der Waals surface area contributed by atoms with Crippen LogP contribution in [0.2, 0.25) is 0 Å². The molecule has 1 fully saturated rings. The summed E-state index contributed by atoms with van der Waals surface area (Å²) in [5.74, 6) is -6.11. The SMILES string of the molecule is Cc1cc(C(F)(F)C(F)(F)F)n2nc(C(=O)N3CCN(Cc4cccc(F)c4)CC3)cc2n1. The molecular formula is C21H19F6N5O. The molecule has 0 bridgehead atoms. The van der Waals surface area contributed by atoms with Crippen molar-refractivity contribution in [1.82, 2.24) is 24.4 Å². The Kier molecular flexibility index (Phi) is 5.81. The molecule has 0 N–H and O–H groups in total. The molecule has 2 aromatic heterocycles. The molecule has 0 atom stereocenters. The maximum Gasteiger partial charge on any atom is 0.459 e. The van der Waals surface area contributed by atoms with Crippen molar-refractivity contribution in [3.8, 4) is 0 Å². The number of aromatic nitrogens is 3. The molecule has 33 heavy (non-hydrogen) atoms. The normalized spacial score (nSPS) is 15.9. The molecule has 1 aliphatic heterocycles. The van der Waals surface area contributed by atoms with Crippen molar-refractivity contribution < 1.29 is 31.1 Å². The molecule has 0 radical (unpaired) electrons. The Morgan fingerprint density at radius 2 is 1.73 bits per heavy atom. The van der Waals surface area contributed by atoms with Crippen LogP contribution in [0, 0.1) is 12.7 Å². The highest BCUT2D eigenvalue weighted by atomic mass is 19.4. The number of hydrogen-bond donors (Lipinski definition) is 0. The molecule has 0 saturated carbocycles. The first-order chi connectivity index (χ1) is 15.5. The standard InChI is InChI=1S/C21H19F6N5O/c1-13-9-17(20(23,24)21(25,26)27)32-18(28-13)11-16(29-32)19(33)31-7-5-30(6-8-31)12-14-3-2-4-15(22)10-14/h2-4,9-11H,5-8,12H2,1H3. The van der Waals surface area contributed by atoms with Gasteiger partial charge in [0.15, 0.2) is 11.3 Å². The van der Waals surface area contributed by atoms with Gasteiger partial charge in [-0.15, -0.1) is 0 Å². The van der Waals surface area contributed by atoms with Crippen LogP contribution >= 0.6 is 0 Å². The number of carbonyl (C=O) groups excluding carboxylic acids is 1. The lowest BCUT2D eigenvalue weighted by atomic mass is 10.2. The summed E-state index contributed by atoms with van der Waals surface area (Å²) < 4.78 is 80.6. The van der Waals surface area contributed by atoms with E-state index in [2.05, 4.69) is 10.1 Å². The van der Waals surface area contributed by atoms with Crippen LogP contribution in [0.15, 0.2) is 36.4 Å². The fourth-order valence-corrected chi connectivity index (χ4v) is 3.74. The number of amides is 1. The van der Waals surface area contributed by atoms with Gasteiger partial charge in [0.05, 0.1) is 0 Å². The monoisotopic (exact) mass is 471 g/mol. The van der Waals surface area contributed by atoms with E-state index in [1.54, 1.807) is 12.1 Å². The van der Waals surface area contributed by atoms with Crippen molar-refractivity contribution in [1.29, 1.82) is 0 Å². The molecule has 0 aliphatic carbocycles. The summed E-state index contributed by atoms with van der Waals surface area (Å²) in [6.07, 6.45) is -5.83. The Bertz CT molecular complexity index is 1180. The Labute approximate surface area is 184 Å². The Hall–Kier alpha value is -3.15. The summed E-state index contributed by atoms with van der Waals surface area (Å²) in [4.78, 5) is 20.3. The van der Waals surface area contributed by atoms with E-state index in [1.807, 2.05) is 4.90 Å². The van der Waals surface area contributed by atoms with Crippen LogP contribution in [0.4, 0.5) is 26.3 Å². The lowest BCUT2D eigenvalue weighted by molar-refractivity contribution is -0.291. The maximum atomic E-state index is 14.0. The van der Waals surface area contributed by atoms with E-state index in [0.29, 0.717) is 43.3 Å². The topological polar surface area (TPSA) is 53.7 Å². The number of benzene rings is 1. The second kappa shape index (κ2) is 8.32. The third kappa shape index (κ3) is 4.52. The second-order valence-electron chi connectivity index (χ2n) is 7.85. The van der Waals surface area contributed by atoms with E-state index in [4.69, 9.17) is 0 Å². The molecule has 1 amide bonds. The number of piperazine rings is 1. The number of nitrogens with zero attached hydrogens (tertiary/aromatic N) is 5.